The van der Waals surface area contributed by atoms with E-state index in [1.807, 2.05) is 19.9 Å². The van der Waals surface area contributed by atoms with Crippen LogP contribution in [-0.2, 0) is 0 Å². The van der Waals surface area contributed by atoms with Crippen LogP contribution in [0, 0.1) is 25.2 Å². The van der Waals surface area contributed by atoms with Crippen molar-refractivity contribution in [2.75, 3.05) is 51.6 Å². The van der Waals surface area contributed by atoms with E-state index in [4.69, 9.17) is 0 Å². The van der Waals surface area contributed by atoms with Gasteiger partial charge in [0.15, 0.2) is 0 Å². The molecule has 5 nitrogen and oxygen atoms in total. The molecule has 1 aliphatic heterocycles. The van der Waals surface area contributed by atoms with Crippen molar-refractivity contribution in [1.29, 1.82) is 5.26 Å². The van der Waals surface area contributed by atoms with Crippen molar-refractivity contribution >= 4 is 5.69 Å². The number of aryl methyl sites for hydroxylation is 2. The highest BCUT2D eigenvalue weighted by Gasteiger charge is 2.13. The molecule has 0 atom stereocenters. The van der Waals surface area contributed by atoms with E-state index in [1.165, 1.54) is 0 Å². The molecule has 20 heavy (non-hydrogen) atoms. The summed E-state index contributed by atoms with van der Waals surface area (Å²) in [5, 5.41) is 12.6. The summed E-state index contributed by atoms with van der Waals surface area (Å²) >= 11 is 0. The SMILES string of the molecule is Cc1cc(NCCN2CCN(C)CC2)c(C#N)c(C)n1. The van der Waals surface area contributed by atoms with Crippen LogP contribution in [0.1, 0.15) is 17.0 Å². The van der Waals surface area contributed by atoms with Crippen LogP contribution in [0.5, 0.6) is 0 Å². The predicted octanol–water partition coefficient (Wildman–Crippen LogP) is 1.23. The van der Waals surface area contributed by atoms with Gasteiger partial charge in [0.1, 0.15) is 6.07 Å². The molecule has 0 amide bonds. The summed E-state index contributed by atoms with van der Waals surface area (Å²) in [6.07, 6.45) is 0. The van der Waals surface area contributed by atoms with Crippen molar-refractivity contribution in [2.24, 2.45) is 0 Å². The first kappa shape index (κ1) is 14.8. The van der Waals surface area contributed by atoms with E-state index in [2.05, 4.69) is 33.2 Å². The number of anilines is 1. The Balaban J connectivity index is 1.90. The van der Waals surface area contributed by atoms with Crippen LogP contribution in [-0.4, -0.2) is 61.1 Å². The molecule has 5 heteroatoms. The van der Waals surface area contributed by atoms with E-state index in [9.17, 15) is 5.26 Å². The summed E-state index contributed by atoms with van der Waals surface area (Å²) in [7, 11) is 2.16. The number of likely N-dealkylation sites (N-methyl/N-ethyl adjacent to an activating group) is 1. The van der Waals surface area contributed by atoms with Gasteiger partial charge in [-0.2, -0.15) is 5.26 Å². The summed E-state index contributed by atoms with van der Waals surface area (Å²) in [5.74, 6) is 0. The zero-order chi connectivity index (χ0) is 14.5. The van der Waals surface area contributed by atoms with Crippen LogP contribution in [0.3, 0.4) is 0 Å². The number of nitrogens with one attached hydrogen (secondary N) is 1. The van der Waals surface area contributed by atoms with Crippen LogP contribution in [0.15, 0.2) is 6.07 Å². The fraction of sp³-hybridized carbons (Fsp3) is 0.600. The summed E-state index contributed by atoms with van der Waals surface area (Å²) in [4.78, 5) is 9.15. The van der Waals surface area contributed by atoms with E-state index in [0.717, 1.165) is 56.3 Å². The van der Waals surface area contributed by atoms with Gasteiger partial charge in [-0.25, -0.2) is 0 Å². The Morgan fingerprint density at radius 1 is 1.30 bits per heavy atom. The minimum absolute atomic E-state index is 0.661. The lowest BCUT2D eigenvalue weighted by Gasteiger charge is -2.32. The number of nitrogens with zero attached hydrogens (tertiary/aromatic N) is 4. The third-order valence-corrected chi connectivity index (χ3v) is 3.78. The molecule has 2 rings (SSSR count). The maximum atomic E-state index is 9.22. The lowest BCUT2D eigenvalue weighted by molar-refractivity contribution is 0.158. The first-order valence-electron chi connectivity index (χ1n) is 7.13. The first-order chi connectivity index (χ1) is 9.60. The number of piperazine rings is 1. The lowest BCUT2D eigenvalue weighted by Crippen LogP contribution is -2.45. The Morgan fingerprint density at radius 3 is 2.65 bits per heavy atom. The van der Waals surface area contributed by atoms with Gasteiger partial charge in [-0.3, -0.25) is 9.88 Å². The summed E-state index contributed by atoms with van der Waals surface area (Å²) in [5.41, 5.74) is 3.32. The molecular formula is C15H23N5. The van der Waals surface area contributed by atoms with Gasteiger partial charge in [0.05, 0.1) is 16.9 Å². The Labute approximate surface area is 121 Å². The normalized spacial score (nSPS) is 16.9. The number of hydrogen-bond donors (Lipinski definition) is 1. The Morgan fingerprint density at radius 2 is 2.00 bits per heavy atom. The fourth-order valence-corrected chi connectivity index (χ4v) is 2.53. The second kappa shape index (κ2) is 6.69. The second-order valence-electron chi connectivity index (χ2n) is 5.46. The highest BCUT2D eigenvalue weighted by atomic mass is 15.2. The third kappa shape index (κ3) is 3.69. The third-order valence-electron chi connectivity index (χ3n) is 3.78. The molecule has 1 saturated heterocycles. The predicted molar refractivity (Wildman–Crippen MR) is 80.9 cm³/mol. The molecule has 1 aromatic heterocycles. The minimum atomic E-state index is 0.661. The topological polar surface area (TPSA) is 55.2 Å². The Hall–Kier alpha value is -1.64. The average molecular weight is 273 g/mol. The van der Waals surface area contributed by atoms with Crippen molar-refractivity contribution in [3.63, 3.8) is 0 Å². The van der Waals surface area contributed by atoms with Crippen LogP contribution < -0.4 is 5.32 Å². The number of aromatic nitrogens is 1. The van der Waals surface area contributed by atoms with Crippen LogP contribution in [0.4, 0.5) is 5.69 Å². The monoisotopic (exact) mass is 273 g/mol. The average Bonchev–Trinajstić information content (AvgIpc) is 2.40. The lowest BCUT2D eigenvalue weighted by atomic mass is 10.1. The number of nitriles is 1. The van der Waals surface area contributed by atoms with Gasteiger partial charge in [-0.15, -0.1) is 0 Å². The van der Waals surface area contributed by atoms with E-state index < -0.39 is 0 Å². The van der Waals surface area contributed by atoms with Gasteiger partial charge >= 0.3 is 0 Å². The highest BCUT2D eigenvalue weighted by Crippen LogP contribution is 2.18. The summed E-state index contributed by atoms with van der Waals surface area (Å²) < 4.78 is 0. The maximum Gasteiger partial charge on any atom is 0.103 e. The molecule has 1 fully saturated rings. The van der Waals surface area contributed by atoms with Crippen LogP contribution in [0.2, 0.25) is 0 Å². The summed E-state index contributed by atoms with van der Waals surface area (Å²) in [6, 6.07) is 4.19. The molecular weight excluding hydrogens is 250 g/mol. The molecule has 1 N–H and O–H groups in total. The molecule has 0 aromatic carbocycles. The van der Waals surface area contributed by atoms with E-state index in [1.54, 1.807) is 0 Å². The Kier molecular flexibility index (Phi) is 4.94. The molecule has 2 heterocycles. The number of rotatable bonds is 4. The maximum absolute atomic E-state index is 9.22. The zero-order valence-corrected chi connectivity index (χ0v) is 12.6. The molecule has 0 aliphatic carbocycles. The molecule has 108 valence electrons. The second-order valence-corrected chi connectivity index (χ2v) is 5.46. The smallest absolute Gasteiger partial charge is 0.103 e. The van der Waals surface area contributed by atoms with Crippen LogP contribution >= 0.6 is 0 Å². The largest absolute Gasteiger partial charge is 0.383 e. The van der Waals surface area contributed by atoms with Crippen molar-refractivity contribution in [3.05, 3.63) is 23.0 Å². The van der Waals surface area contributed by atoms with Crippen LogP contribution in [0.25, 0.3) is 0 Å². The molecule has 0 saturated carbocycles. The molecule has 0 bridgehead atoms. The van der Waals surface area contributed by atoms with Gasteiger partial charge in [0, 0.05) is 45.0 Å². The summed E-state index contributed by atoms with van der Waals surface area (Å²) in [6.45, 7) is 10.2. The molecule has 0 radical (unpaired) electrons. The quantitative estimate of drug-likeness (QED) is 0.894. The standard InChI is InChI=1S/C15H23N5/c1-12-10-15(14(11-16)13(2)18-12)17-4-5-20-8-6-19(3)7-9-20/h10H,4-9H2,1-3H3,(H,17,18). The van der Waals surface area contributed by atoms with E-state index >= 15 is 0 Å². The van der Waals surface area contributed by atoms with Crippen molar-refractivity contribution in [2.45, 2.75) is 13.8 Å². The molecule has 0 unspecified atom stereocenters. The van der Waals surface area contributed by atoms with Gasteiger partial charge in [0.2, 0.25) is 0 Å². The minimum Gasteiger partial charge on any atom is -0.383 e. The first-order valence-corrected chi connectivity index (χ1v) is 7.13. The molecule has 1 aromatic rings. The van der Waals surface area contributed by atoms with E-state index in [-0.39, 0.29) is 0 Å². The highest BCUT2D eigenvalue weighted by molar-refractivity contribution is 5.59. The Bertz CT molecular complexity index is 498. The van der Waals surface area contributed by atoms with Crippen molar-refractivity contribution < 1.29 is 0 Å². The molecule has 0 spiro atoms. The van der Waals surface area contributed by atoms with Gasteiger partial charge < -0.3 is 10.2 Å². The van der Waals surface area contributed by atoms with Gasteiger partial charge in [0.25, 0.3) is 0 Å². The van der Waals surface area contributed by atoms with Crippen molar-refractivity contribution in [1.82, 2.24) is 14.8 Å². The van der Waals surface area contributed by atoms with E-state index in [0.29, 0.717) is 5.56 Å². The number of pyridine rings is 1. The zero-order valence-electron chi connectivity index (χ0n) is 12.6. The molecule has 1 aliphatic rings. The fourth-order valence-electron chi connectivity index (χ4n) is 2.53. The van der Waals surface area contributed by atoms with Gasteiger partial charge in [-0.1, -0.05) is 0 Å². The van der Waals surface area contributed by atoms with Gasteiger partial charge in [-0.05, 0) is 27.0 Å². The number of hydrogen-bond acceptors (Lipinski definition) is 5. The van der Waals surface area contributed by atoms with Crippen molar-refractivity contribution in [3.8, 4) is 6.07 Å².